The molecular weight excluding hydrogens is 247 g/mol. The summed E-state index contributed by atoms with van der Waals surface area (Å²) in [7, 11) is 0. The van der Waals surface area contributed by atoms with E-state index in [0.29, 0.717) is 11.8 Å². The summed E-state index contributed by atoms with van der Waals surface area (Å²) >= 11 is 0. The van der Waals surface area contributed by atoms with Gasteiger partial charge in [-0.2, -0.15) is 0 Å². The molecule has 0 amide bonds. The van der Waals surface area contributed by atoms with Crippen LogP contribution in [-0.2, 0) is 0 Å². The van der Waals surface area contributed by atoms with Crippen LogP contribution in [0, 0.1) is 17.7 Å². The van der Waals surface area contributed by atoms with Crippen LogP contribution >= 0.6 is 0 Å². The van der Waals surface area contributed by atoms with Crippen LogP contribution in [0.1, 0.15) is 43.5 Å². The second-order valence-corrected chi connectivity index (χ2v) is 5.45. The Balaban J connectivity index is 2.14. The van der Waals surface area contributed by atoms with Crippen LogP contribution in [0.2, 0.25) is 0 Å². The van der Waals surface area contributed by atoms with E-state index in [2.05, 4.69) is 13.8 Å². The van der Waals surface area contributed by atoms with Gasteiger partial charge in [0.2, 0.25) is 0 Å². The van der Waals surface area contributed by atoms with Crippen LogP contribution in [0.5, 0.6) is 5.75 Å². The standard InChI is InChI=1S/C15H19FO3/c1-9-3-5-12(7-10(9)2)19-14-8-11(16)4-6-13(14)15(17)18/h4,6,8-10,12H,3,5,7H2,1-2H3,(H,17,18). The summed E-state index contributed by atoms with van der Waals surface area (Å²) in [6.07, 6.45) is 2.81. The maximum absolute atomic E-state index is 13.2. The summed E-state index contributed by atoms with van der Waals surface area (Å²) in [6, 6.07) is 3.55. The van der Waals surface area contributed by atoms with Gasteiger partial charge in [0.05, 0.1) is 6.10 Å². The number of ether oxygens (including phenoxy) is 1. The molecule has 0 aromatic heterocycles. The number of halogens is 1. The van der Waals surface area contributed by atoms with Crippen molar-refractivity contribution in [3.8, 4) is 5.75 Å². The average molecular weight is 266 g/mol. The molecule has 0 spiro atoms. The van der Waals surface area contributed by atoms with Crippen molar-refractivity contribution in [3.05, 3.63) is 29.6 Å². The minimum atomic E-state index is -1.09. The summed E-state index contributed by atoms with van der Waals surface area (Å²) in [5, 5.41) is 9.08. The van der Waals surface area contributed by atoms with Crippen molar-refractivity contribution in [1.82, 2.24) is 0 Å². The SMILES string of the molecule is CC1CCC(Oc2cc(F)ccc2C(=O)O)CC1C. The lowest BCUT2D eigenvalue weighted by Gasteiger charge is -2.32. The van der Waals surface area contributed by atoms with Crippen LogP contribution in [0.3, 0.4) is 0 Å². The van der Waals surface area contributed by atoms with Crippen molar-refractivity contribution in [2.24, 2.45) is 11.8 Å². The van der Waals surface area contributed by atoms with E-state index in [0.717, 1.165) is 31.4 Å². The van der Waals surface area contributed by atoms with Crippen molar-refractivity contribution in [2.75, 3.05) is 0 Å². The third kappa shape index (κ3) is 3.25. The van der Waals surface area contributed by atoms with Gasteiger partial charge in [-0.3, -0.25) is 0 Å². The Morgan fingerprint density at radius 2 is 2.05 bits per heavy atom. The summed E-state index contributed by atoms with van der Waals surface area (Å²) in [5.41, 5.74) is 0.0210. The van der Waals surface area contributed by atoms with Crippen molar-refractivity contribution < 1.29 is 19.0 Å². The zero-order valence-electron chi connectivity index (χ0n) is 11.2. The van der Waals surface area contributed by atoms with Gasteiger partial charge in [-0.15, -0.1) is 0 Å². The van der Waals surface area contributed by atoms with Gasteiger partial charge in [-0.25, -0.2) is 9.18 Å². The molecule has 1 aromatic rings. The Bertz CT molecular complexity index is 472. The number of benzene rings is 1. The molecule has 3 atom stereocenters. The Hall–Kier alpha value is -1.58. The molecular formula is C15H19FO3. The first kappa shape index (κ1) is 13.8. The van der Waals surface area contributed by atoms with Gasteiger partial charge in [-0.05, 0) is 43.2 Å². The molecule has 0 bridgehead atoms. The van der Waals surface area contributed by atoms with E-state index in [-0.39, 0.29) is 17.4 Å². The third-order valence-corrected chi connectivity index (χ3v) is 4.02. The lowest BCUT2D eigenvalue weighted by Crippen LogP contribution is -2.29. The third-order valence-electron chi connectivity index (χ3n) is 4.02. The second-order valence-electron chi connectivity index (χ2n) is 5.45. The predicted octanol–water partition coefficient (Wildman–Crippen LogP) is 3.73. The molecule has 2 rings (SSSR count). The molecule has 104 valence electrons. The molecule has 1 aliphatic rings. The van der Waals surface area contributed by atoms with Gasteiger partial charge >= 0.3 is 5.97 Å². The second kappa shape index (κ2) is 5.59. The number of rotatable bonds is 3. The van der Waals surface area contributed by atoms with E-state index >= 15 is 0 Å². The molecule has 1 aromatic carbocycles. The van der Waals surface area contributed by atoms with E-state index in [4.69, 9.17) is 9.84 Å². The van der Waals surface area contributed by atoms with Crippen LogP contribution in [-0.4, -0.2) is 17.2 Å². The first-order chi connectivity index (χ1) is 8.97. The highest BCUT2D eigenvalue weighted by molar-refractivity contribution is 5.90. The van der Waals surface area contributed by atoms with E-state index < -0.39 is 11.8 Å². The molecule has 3 unspecified atom stereocenters. The number of hydrogen-bond donors (Lipinski definition) is 1. The number of carbonyl (C=O) groups is 1. The fourth-order valence-corrected chi connectivity index (χ4v) is 2.56. The Kier molecular flexibility index (Phi) is 4.08. The Morgan fingerprint density at radius 1 is 1.32 bits per heavy atom. The molecule has 0 radical (unpaired) electrons. The fourth-order valence-electron chi connectivity index (χ4n) is 2.56. The highest BCUT2D eigenvalue weighted by atomic mass is 19.1. The first-order valence-corrected chi connectivity index (χ1v) is 6.67. The van der Waals surface area contributed by atoms with Crippen LogP contribution in [0.25, 0.3) is 0 Å². The molecule has 0 aliphatic heterocycles. The summed E-state index contributed by atoms with van der Waals surface area (Å²) in [5.74, 6) is -0.226. The summed E-state index contributed by atoms with van der Waals surface area (Å²) < 4.78 is 19.0. The average Bonchev–Trinajstić information content (AvgIpc) is 2.33. The van der Waals surface area contributed by atoms with Gasteiger partial charge in [0.15, 0.2) is 0 Å². The Labute approximate surface area is 112 Å². The van der Waals surface area contributed by atoms with Gasteiger partial charge in [0.1, 0.15) is 17.1 Å². The summed E-state index contributed by atoms with van der Waals surface area (Å²) in [4.78, 5) is 11.1. The maximum Gasteiger partial charge on any atom is 0.339 e. The van der Waals surface area contributed by atoms with Crippen LogP contribution < -0.4 is 4.74 Å². The highest BCUT2D eigenvalue weighted by Crippen LogP contribution is 2.33. The van der Waals surface area contributed by atoms with Crippen molar-refractivity contribution >= 4 is 5.97 Å². The van der Waals surface area contributed by atoms with Crippen molar-refractivity contribution in [3.63, 3.8) is 0 Å². The van der Waals surface area contributed by atoms with Crippen LogP contribution in [0.15, 0.2) is 18.2 Å². The van der Waals surface area contributed by atoms with Gasteiger partial charge < -0.3 is 9.84 Å². The monoisotopic (exact) mass is 266 g/mol. The zero-order valence-corrected chi connectivity index (χ0v) is 11.2. The van der Waals surface area contributed by atoms with Crippen molar-refractivity contribution in [1.29, 1.82) is 0 Å². The van der Waals surface area contributed by atoms with E-state index in [1.54, 1.807) is 0 Å². The molecule has 1 fully saturated rings. The van der Waals surface area contributed by atoms with E-state index in [1.165, 1.54) is 6.07 Å². The molecule has 1 aliphatic carbocycles. The maximum atomic E-state index is 13.2. The number of hydrogen-bond acceptors (Lipinski definition) is 2. The fraction of sp³-hybridized carbons (Fsp3) is 0.533. The van der Waals surface area contributed by atoms with Gasteiger partial charge in [-0.1, -0.05) is 13.8 Å². The van der Waals surface area contributed by atoms with Gasteiger partial charge in [0, 0.05) is 6.07 Å². The largest absolute Gasteiger partial charge is 0.489 e. The smallest absolute Gasteiger partial charge is 0.339 e. The number of carboxylic acid groups (broad SMARTS) is 1. The number of carboxylic acids is 1. The minimum Gasteiger partial charge on any atom is -0.489 e. The molecule has 19 heavy (non-hydrogen) atoms. The van der Waals surface area contributed by atoms with E-state index in [9.17, 15) is 9.18 Å². The van der Waals surface area contributed by atoms with Crippen molar-refractivity contribution in [2.45, 2.75) is 39.2 Å². The molecule has 0 saturated heterocycles. The molecule has 3 nitrogen and oxygen atoms in total. The highest BCUT2D eigenvalue weighted by Gasteiger charge is 2.27. The first-order valence-electron chi connectivity index (χ1n) is 6.67. The van der Waals surface area contributed by atoms with Crippen LogP contribution in [0.4, 0.5) is 4.39 Å². The van der Waals surface area contributed by atoms with Gasteiger partial charge in [0.25, 0.3) is 0 Å². The summed E-state index contributed by atoms with van der Waals surface area (Å²) in [6.45, 7) is 4.38. The zero-order chi connectivity index (χ0) is 14.0. The molecule has 1 N–H and O–H groups in total. The molecule has 0 heterocycles. The topological polar surface area (TPSA) is 46.5 Å². The quantitative estimate of drug-likeness (QED) is 0.906. The molecule has 1 saturated carbocycles. The minimum absolute atomic E-state index is 0.0210. The Morgan fingerprint density at radius 3 is 2.68 bits per heavy atom. The predicted molar refractivity (Wildman–Crippen MR) is 70.0 cm³/mol. The lowest BCUT2D eigenvalue weighted by molar-refractivity contribution is 0.0675. The normalized spacial score (nSPS) is 27.0. The lowest BCUT2D eigenvalue weighted by atomic mass is 9.80. The van der Waals surface area contributed by atoms with E-state index in [1.807, 2.05) is 0 Å². The molecule has 4 heteroatoms. The number of aromatic carboxylic acids is 1.